The second kappa shape index (κ2) is 7.87. The monoisotopic (exact) mass is 350 g/mol. The van der Waals surface area contributed by atoms with E-state index in [2.05, 4.69) is 4.72 Å². The molecule has 0 heterocycles. The first-order valence-electron chi connectivity index (χ1n) is 6.71. The minimum absolute atomic E-state index is 0.0396. The molecule has 0 amide bonds. The normalized spacial score (nSPS) is 11.9. The number of nitrogens with one attached hydrogen (secondary N) is 1. The molecule has 0 fully saturated rings. The third kappa shape index (κ3) is 5.20. The molecule has 1 rings (SSSR count). The average Bonchev–Trinajstić information content (AvgIpc) is 2.40. The van der Waals surface area contributed by atoms with Crippen molar-refractivity contribution in [2.45, 2.75) is 38.2 Å². The fourth-order valence-corrected chi connectivity index (χ4v) is 3.06. The number of benzene rings is 1. The number of nitrogens with zero attached hydrogens (tertiary/aromatic N) is 1. The van der Waals surface area contributed by atoms with Crippen LogP contribution in [0.15, 0.2) is 17.0 Å². The Labute approximate surface area is 134 Å². The van der Waals surface area contributed by atoms with Crippen LogP contribution in [0.2, 0.25) is 5.02 Å². The van der Waals surface area contributed by atoms with Crippen LogP contribution in [0.5, 0.6) is 0 Å². The third-order valence-corrected chi connectivity index (χ3v) is 4.69. The quantitative estimate of drug-likeness (QED) is 0.441. The van der Waals surface area contributed by atoms with Gasteiger partial charge in [0.05, 0.1) is 20.9 Å². The van der Waals surface area contributed by atoms with Crippen molar-refractivity contribution in [1.82, 2.24) is 4.72 Å². The summed E-state index contributed by atoms with van der Waals surface area (Å²) < 4.78 is 31.9. The molecule has 1 N–H and O–H groups in total. The minimum atomic E-state index is -3.85. The lowest BCUT2D eigenvalue weighted by Gasteiger charge is -2.10. The highest BCUT2D eigenvalue weighted by atomic mass is 35.5. The predicted octanol–water partition coefficient (Wildman–Crippen LogP) is 2.65. The molecule has 22 heavy (non-hydrogen) atoms. The fourth-order valence-electron chi connectivity index (χ4n) is 1.67. The highest BCUT2D eigenvalue weighted by Gasteiger charge is 2.22. The van der Waals surface area contributed by atoms with Crippen molar-refractivity contribution in [3.63, 3.8) is 0 Å². The average molecular weight is 351 g/mol. The van der Waals surface area contributed by atoms with Gasteiger partial charge in [-0.15, -0.1) is 0 Å². The molecule has 0 saturated heterocycles. The van der Waals surface area contributed by atoms with Crippen LogP contribution in [0.4, 0.5) is 5.69 Å². The summed E-state index contributed by atoms with van der Waals surface area (Å²) in [6, 6.07) is 2.21. The van der Waals surface area contributed by atoms with Crippen molar-refractivity contribution >= 4 is 27.3 Å². The Kier molecular flexibility index (Phi) is 6.73. The van der Waals surface area contributed by atoms with Crippen LogP contribution in [0.25, 0.3) is 0 Å². The number of rotatable bonds is 8. The van der Waals surface area contributed by atoms with Gasteiger partial charge in [-0.2, -0.15) is 0 Å². The lowest BCUT2D eigenvalue weighted by atomic mass is 10.2. The Bertz CT molecular complexity index is 646. The minimum Gasteiger partial charge on any atom is -0.379 e. The van der Waals surface area contributed by atoms with E-state index >= 15 is 0 Å². The lowest BCUT2D eigenvalue weighted by molar-refractivity contribution is -0.385. The van der Waals surface area contributed by atoms with Gasteiger partial charge in [-0.25, -0.2) is 13.1 Å². The molecule has 0 atom stereocenters. The molecular formula is C13H19ClN2O5S. The molecule has 7 nitrogen and oxygen atoms in total. The summed E-state index contributed by atoms with van der Waals surface area (Å²) in [7, 11) is -3.85. The topological polar surface area (TPSA) is 98.5 Å². The van der Waals surface area contributed by atoms with Gasteiger partial charge in [0, 0.05) is 24.8 Å². The summed E-state index contributed by atoms with van der Waals surface area (Å²) >= 11 is 5.87. The Morgan fingerprint density at radius 1 is 1.41 bits per heavy atom. The van der Waals surface area contributed by atoms with Crippen LogP contribution in [0.1, 0.15) is 25.8 Å². The maximum Gasteiger partial charge on any atom is 0.275 e. The third-order valence-electron chi connectivity index (χ3n) is 2.86. The number of ether oxygens (including phenoxy) is 1. The second-order valence-corrected chi connectivity index (χ2v) is 7.15. The predicted molar refractivity (Wildman–Crippen MR) is 83.7 cm³/mol. The largest absolute Gasteiger partial charge is 0.379 e. The Hall–Kier alpha value is -1.22. The molecule has 0 aromatic heterocycles. The molecular weight excluding hydrogens is 332 g/mol. The van der Waals surface area contributed by atoms with Crippen molar-refractivity contribution in [2.75, 3.05) is 13.2 Å². The second-order valence-electron chi connectivity index (χ2n) is 4.98. The highest BCUT2D eigenvalue weighted by molar-refractivity contribution is 7.89. The van der Waals surface area contributed by atoms with Gasteiger partial charge < -0.3 is 4.74 Å². The zero-order valence-corrected chi connectivity index (χ0v) is 14.2. The summed E-state index contributed by atoms with van der Waals surface area (Å²) in [5.41, 5.74) is -0.0908. The van der Waals surface area contributed by atoms with Crippen LogP contribution < -0.4 is 4.72 Å². The zero-order chi connectivity index (χ0) is 16.9. The van der Waals surface area contributed by atoms with Gasteiger partial charge in [0.25, 0.3) is 5.69 Å². The van der Waals surface area contributed by atoms with Crippen LogP contribution in [0, 0.1) is 17.0 Å². The van der Waals surface area contributed by atoms with Gasteiger partial charge in [0.1, 0.15) is 0 Å². The van der Waals surface area contributed by atoms with Gasteiger partial charge >= 0.3 is 0 Å². The van der Waals surface area contributed by atoms with E-state index in [1.165, 1.54) is 13.0 Å². The Balaban J connectivity index is 2.83. The van der Waals surface area contributed by atoms with Crippen molar-refractivity contribution in [1.29, 1.82) is 0 Å². The van der Waals surface area contributed by atoms with Crippen LogP contribution >= 0.6 is 11.6 Å². The van der Waals surface area contributed by atoms with Crippen LogP contribution in [-0.4, -0.2) is 32.6 Å². The zero-order valence-electron chi connectivity index (χ0n) is 12.6. The molecule has 0 spiro atoms. The molecule has 0 aliphatic heterocycles. The Morgan fingerprint density at radius 2 is 2.05 bits per heavy atom. The van der Waals surface area contributed by atoms with Gasteiger partial charge in [0.15, 0.2) is 0 Å². The van der Waals surface area contributed by atoms with E-state index in [-0.39, 0.29) is 33.8 Å². The van der Waals surface area contributed by atoms with Gasteiger partial charge in [-0.05, 0) is 33.3 Å². The molecule has 1 aromatic carbocycles. The molecule has 0 aliphatic rings. The SMILES string of the molecule is Cc1c(Cl)cc(S(=O)(=O)NCCCOC(C)C)cc1[N+](=O)[O-]. The van der Waals surface area contributed by atoms with Crippen molar-refractivity contribution in [3.8, 4) is 0 Å². The first-order valence-corrected chi connectivity index (χ1v) is 8.57. The van der Waals surface area contributed by atoms with E-state index in [0.29, 0.717) is 13.0 Å². The molecule has 9 heteroatoms. The molecule has 0 saturated carbocycles. The molecule has 1 aromatic rings. The summed E-state index contributed by atoms with van der Waals surface area (Å²) in [4.78, 5) is 10.1. The van der Waals surface area contributed by atoms with E-state index in [4.69, 9.17) is 16.3 Å². The Morgan fingerprint density at radius 3 is 2.59 bits per heavy atom. The molecule has 0 unspecified atom stereocenters. The van der Waals surface area contributed by atoms with E-state index in [1.807, 2.05) is 13.8 Å². The first kappa shape index (κ1) is 18.8. The number of sulfonamides is 1. The van der Waals surface area contributed by atoms with Gasteiger partial charge in [-0.1, -0.05) is 11.6 Å². The smallest absolute Gasteiger partial charge is 0.275 e. The molecule has 0 aliphatic carbocycles. The number of halogens is 1. The molecule has 0 radical (unpaired) electrons. The van der Waals surface area contributed by atoms with E-state index in [0.717, 1.165) is 6.07 Å². The van der Waals surface area contributed by atoms with Gasteiger partial charge in [-0.3, -0.25) is 10.1 Å². The summed E-state index contributed by atoms with van der Waals surface area (Å²) in [5.74, 6) is 0. The maximum absolute atomic E-state index is 12.1. The fraction of sp³-hybridized carbons (Fsp3) is 0.538. The molecule has 0 bridgehead atoms. The summed E-state index contributed by atoms with van der Waals surface area (Å²) in [6.45, 7) is 5.84. The summed E-state index contributed by atoms with van der Waals surface area (Å²) in [5, 5.41) is 11.0. The highest BCUT2D eigenvalue weighted by Crippen LogP contribution is 2.29. The molecule has 124 valence electrons. The standard InChI is InChI=1S/C13H19ClN2O5S/c1-9(2)21-6-4-5-15-22(19,20)11-7-12(14)10(3)13(8-11)16(17)18/h7-9,15H,4-6H2,1-3H3. The van der Waals surface area contributed by atoms with Crippen molar-refractivity contribution < 1.29 is 18.1 Å². The number of nitro groups is 1. The lowest BCUT2D eigenvalue weighted by Crippen LogP contribution is -2.26. The first-order chi connectivity index (χ1) is 10.1. The van der Waals surface area contributed by atoms with E-state index in [1.54, 1.807) is 0 Å². The summed E-state index contributed by atoms with van der Waals surface area (Å²) in [6.07, 6.45) is 0.578. The van der Waals surface area contributed by atoms with E-state index in [9.17, 15) is 18.5 Å². The number of nitro benzene ring substituents is 1. The van der Waals surface area contributed by atoms with Crippen molar-refractivity contribution in [3.05, 3.63) is 32.8 Å². The number of hydrogen-bond acceptors (Lipinski definition) is 5. The maximum atomic E-state index is 12.1. The van der Waals surface area contributed by atoms with Crippen molar-refractivity contribution in [2.24, 2.45) is 0 Å². The van der Waals surface area contributed by atoms with E-state index < -0.39 is 14.9 Å². The number of hydrogen-bond donors (Lipinski definition) is 1. The van der Waals surface area contributed by atoms with Crippen LogP contribution in [-0.2, 0) is 14.8 Å². The van der Waals surface area contributed by atoms with Crippen LogP contribution in [0.3, 0.4) is 0 Å². The van der Waals surface area contributed by atoms with Gasteiger partial charge in [0.2, 0.25) is 10.0 Å².